The van der Waals surface area contributed by atoms with Crippen molar-refractivity contribution in [2.45, 2.75) is 38.0 Å². The lowest BCUT2D eigenvalue weighted by Crippen LogP contribution is -2.46. The zero-order chi connectivity index (χ0) is 23.9. The Morgan fingerprint density at radius 2 is 1.68 bits per heavy atom. The highest BCUT2D eigenvalue weighted by molar-refractivity contribution is 5.73. The van der Waals surface area contributed by atoms with Crippen molar-refractivity contribution in [2.75, 3.05) is 20.8 Å². The second-order valence-electron chi connectivity index (χ2n) is 8.45. The fourth-order valence-electron chi connectivity index (χ4n) is 4.60. The number of methoxy groups -OCH3 is 2. The lowest BCUT2D eigenvalue weighted by molar-refractivity contribution is -0.145. The number of carboxylic acid groups (broad SMARTS) is 1. The average molecular weight is 462 g/mol. The maximum Gasteiger partial charge on any atom is 0.320 e. The van der Waals surface area contributed by atoms with E-state index in [0.29, 0.717) is 31.1 Å². The Morgan fingerprint density at radius 1 is 0.941 bits per heavy atom. The molecule has 0 radical (unpaired) electrons. The molecule has 4 rings (SSSR count). The summed E-state index contributed by atoms with van der Waals surface area (Å²) in [5, 5.41) is 9.95. The van der Waals surface area contributed by atoms with E-state index >= 15 is 0 Å². The third-order valence-electron chi connectivity index (χ3n) is 6.33. The van der Waals surface area contributed by atoms with Gasteiger partial charge in [0.2, 0.25) is 0 Å². The average Bonchev–Trinajstić information content (AvgIpc) is 2.89. The molecule has 2 atom stereocenters. The first kappa shape index (κ1) is 23.6. The van der Waals surface area contributed by atoms with Gasteiger partial charge < -0.3 is 19.3 Å². The van der Waals surface area contributed by atoms with Gasteiger partial charge in [0.15, 0.2) is 11.5 Å². The Kier molecular flexibility index (Phi) is 7.70. The van der Waals surface area contributed by atoms with E-state index in [2.05, 4.69) is 4.90 Å². The molecule has 34 heavy (non-hydrogen) atoms. The predicted molar refractivity (Wildman–Crippen MR) is 131 cm³/mol. The van der Waals surface area contributed by atoms with Crippen LogP contribution in [0.1, 0.15) is 42.0 Å². The Hall–Kier alpha value is -3.51. The van der Waals surface area contributed by atoms with E-state index < -0.39 is 12.0 Å². The van der Waals surface area contributed by atoms with Crippen molar-refractivity contribution in [2.24, 2.45) is 0 Å². The van der Waals surface area contributed by atoms with Crippen LogP contribution in [0.15, 0.2) is 72.8 Å². The van der Waals surface area contributed by atoms with E-state index in [0.717, 1.165) is 35.3 Å². The smallest absolute Gasteiger partial charge is 0.320 e. The van der Waals surface area contributed by atoms with Gasteiger partial charge in [0.1, 0.15) is 18.4 Å². The first-order valence-corrected chi connectivity index (χ1v) is 11.6. The molecule has 0 amide bonds. The summed E-state index contributed by atoms with van der Waals surface area (Å²) < 4.78 is 17.0. The normalized spacial score (nSPS) is 17.1. The highest BCUT2D eigenvalue weighted by atomic mass is 16.5. The number of likely N-dealkylation sites (tertiary alicyclic amines) is 1. The van der Waals surface area contributed by atoms with Gasteiger partial charge in [-0.05, 0) is 60.3 Å². The molecule has 0 aromatic heterocycles. The van der Waals surface area contributed by atoms with E-state index in [1.54, 1.807) is 14.2 Å². The van der Waals surface area contributed by atoms with Crippen molar-refractivity contribution in [3.63, 3.8) is 0 Å². The van der Waals surface area contributed by atoms with E-state index in [-0.39, 0.29) is 6.04 Å². The van der Waals surface area contributed by atoms with E-state index in [1.807, 2.05) is 72.8 Å². The highest BCUT2D eigenvalue weighted by Crippen LogP contribution is 2.39. The van der Waals surface area contributed by atoms with Crippen molar-refractivity contribution >= 4 is 5.97 Å². The van der Waals surface area contributed by atoms with Crippen molar-refractivity contribution in [3.05, 3.63) is 89.5 Å². The first-order valence-electron chi connectivity index (χ1n) is 11.6. The molecule has 1 aliphatic heterocycles. The third-order valence-corrected chi connectivity index (χ3v) is 6.33. The molecule has 0 aliphatic carbocycles. The van der Waals surface area contributed by atoms with Gasteiger partial charge in [-0.2, -0.15) is 0 Å². The summed E-state index contributed by atoms with van der Waals surface area (Å²) in [5.74, 6) is 1.25. The molecule has 178 valence electrons. The van der Waals surface area contributed by atoms with Crippen LogP contribution in [0.3, 0.4) is 0 Å². The van der Waals surface area contributed by atoms with Crippen molar-refractivity contribution < 1.29 is 24.1 Å². The molecule has 1 N–H and O–H groups in total. The monoisotopic (exact) mass is 461 g/mol. The van der Waals surface area contributed by atoms with Crippen LogP contribution in [0.2, 0.25) is 0 Å². The molecular formula is C28H31NO5. The molecule has 1 aliphatic rings. The number of benzene rings is 3. The lowest BCUT2D eigenvalue weighted by atomic mass is 9.91. The summed E-state index contributed by atoms with van der Waals surface area (Å²) in [7, 11) is 3.26. The molecule has 1 fully saturated rings. The lowest BCUT2D eigenvalue weighted by Gasteiger charge is -2.39. The van der Waals surface area contributed by atoms with Crippen molar-refractivity contribution in [1.29, 1.82) is 0 Å². The van der Waals surface area contributed by atoms with Gasteiger partial charge in [0, 0.05) is 0 Å². The Balaban J connectivity index is 1.69. The second-order valence-corrected chi connectivity index (χ2v) is 8.45. The van der Waals surface area contributed by atoms with Crippen molar-refractivity contribution in [1.82, 2.24) is 4.90 Å². The molecule has 0 saturated carbocycles. The Morgan fingerprint density at radius 3 is 2.35 bits per heavy atom. The topological polar surface area (TPSA) is 68.2 Å². The zero-order valence-electron chi connectivity index (χ0n) is 19.6. The van der Waals surface area contributed by atoms with Crippen LogP contribution < -0.4 is 14.2 Å². The summed E-state index contributed by atoms with van der Waals surface area (Å²) in [6, 6.07) is 22.9. The number of hydrogen-bond donors (Lipinski definition) is 1. The van der Waals surface area contributed by atoms with Crippen molar-refractivity contribution in [3.8, 4) is 17.2 Å². The minimum atomic E-state index is -0.784. The van der Waals surface area contributed by atoms with Crippen LogP contribution >= 0.6 is 0 Å². The molecule has 1 saturated heterocycles. The summed E-state index contributed by atoms with van der Waals surface area (Å²) >= 11 is 0. The number of carbonyl (C=O) groups is 1. The number of rotatable bonds is 9. The molecule has 3 aromatic rings. The van der Waals surface area contributed by atoms with Gasteiger partial charge in [-0.15, -0.1) is 0 Å². The third kappa shape index (κ3) is 5.34. The maximum absolute atomic E-state index is 12.1. The number of carboxylic acids is 1. The van der Waals surface area contributed by atoms with Crippen LogP contribution in [-0.2, 0) is 11.4 Å². The minimum Gasteiger partial charge on any atom is -0.497 e. The number of aliphatic carboxylic acids is 1. The summed E-state index contributed by atoms with van der Waals surface area (Å²) in [5.41, 5.74) is 3.04. The van der Waals surface area contributed by atoms with E-state index in [9.17, 15) is 9.90 Å². The quantitative estimate of drug-likeness (QED) is 0.466. The standard InChI is InChI=1S/C28H31NO5/c1-32-23-14-11-21(12-15-23)27(29-17-7-6-10-24(29)28(30)31)22-13-16-25(26(18-22)33-2)34-19-20-8-4-3-5-9-20/h3-5,8-9,11-16,18,24,27H,6-7,10,17,19H2,1-2H3,(H,30,31). The molecule has 6 heteroatoms. The second kappa shape index (κ2) is 11.1. The fourth-order valence-corrected chi connectivity index (χ4v) is 4.60. The molecule has 0 bridgehead atoms. The summed E-state index contributed by atoms with van der Waals surface area (Å²) in [4.78, 5) is 14.2. The molecule has 2 unspecified atom stereocenters. The van der Waals surface area contributed by atoms with Crippen LogP contribution in [0.25, 0.3) is 0 Å². The summed E-state index contributed by atoms with van der Waals surface area (Å²) in [6.07, 6.45) is 2.52. The zero-order valence-corrected chi connectivity index (χ0v) is 19.6. The van der Waals surface area contributed by atoms with Crippen LogP contribution in [0.5, 0.6) is 17.2 Å². The van der Waals surface area contributed by atoms with Crippen LogP contribution in [0, 0.1) is 0 Å². The maximum atomic E-state index is 12.1. The minimum absolute atomic E-state index is 0.232. The largest absolute Gasteiger partial charge is 0.497 e. The molecule has 6 nitrogen and oxygen atoms in total. The number of nitrogens with zero attached hydrogens (tertiary/aromatic N) is 1. The van der Waals surface area contributed by atoms with Crippen LogP contribution in [-0.4, -0.2) is 42.8 Å². The van der Waals surface area contributed by atoms with Gasteiger partial charge in [-0.1, -0.05) is 55.0 Å². The van der Waals surface area contributed by atoms with Gasteiger partial charge in [0.05, 0.1) is 20.3 Å². The highest BCUT2D eigenvalue weighted by Gasteiger charge is 2.35. The molecular weight excluding hydrogens is 430 g/mol. The molecule has 1 heterocycles. The van der Waals surface area contributed by atoms with Gasteiger partial charge in [-0.3, -0.25) is 9.69 Å². The number of ether oxygens (including phenoxy) is 3. The predicted octanol–water partition coefficient (Wildman–Crippen LogP) is 5.31. The first-order chi connectivity index (χ1) is 16.6. The van der Waals surface area contributed by atoms with Gasteiger partial charge in [-0.25, -0.2) is 0 Å². The Labute approximate surface area is 200 Å². The SMILES string of the molecule is COc1ccc(C(c2ccc(OCc3ccccc3)c(OC)c2)N2CCCCC2C(=O)O)cc1. The Bertz CT molecular complexity index is 1080. The summed E-state index contributed by atoms with van der Waals surface area (Å²) in [6.45, 7) is 1.15. The molecule has 3 aromatic carbocycles. The fraction of sp³-hybridized carbons (Fsp3) is 0.321. The molecule has 0 spiro atoms. The van der Waals surface area contributed by atoms with Gasteiger partial charge in [0.25, 0.3) is 0 Å². The number of hydrogen-bond acceptors (Lipinski definition) is 5. The van der Waals surface area contributed by atoms with E-state index in [1.165, 1.54) is 0 Å². The van der Waals surface area contributed by atoms with E-state index in [4.69, 9.17) is 14.2 Å². The number of piperidine rings is 1. The van der Waals surface area contributed by atoms with Crippen LogP contribution in [0.4, 0.5) is 0 Å². The van der Waals surface area contributed by atoms with Gasteiger partial charge >= 0.3 is 5.97 Å².